The molecule has 0 radical (unpaired) electrons. The fourth-order valence-electron chi connectivity index (χ4n) is 3.37. The smallest absolute Gasteiger partial charge is 0.237 e. The molecule has 0 amide bonds. The average Bonchev–Trinajstić information content (AvgIpc) is 2.63. The molecule has 6 heteroatoms. The van der Waals surface area contributed by atoms with Crippen LogP contribution in [0.5, 0.6) is 0 Å². The Hall–Kier alpha value is -1.27. The first-order chi connectivity index (χ1) is 12.9. The number of allylic oxidation sites excluding steroid dienone is 4. The largest absolute Gasteiger partial charge is 0.402 e. The lowest BCUT2D eigenvalue weighted by molar-refractivity contribution is 0.505. The summed E-state index contributed by atoms with van der Waals surface area (Å²) in [5.74, 6) is 1.85. The van der Waals surface area contributed by atoms with E-state index in [1.165, 1.54) is 11.6 Å². The van der Waals surface area contributed by atoms with Crippen molar-refractivity contribution >= 4 is 22.9 Å². The number of thioether (sulfide) groups is 1. The second-order valence-corrected chi connectivity index (χ2v) is 9.19. The van der Waals surface area contributed by atoms with Gasteiger partial charge in [-0.2, -0.15) is 11.8 Å². The van der Waals surface area contributed by atoms with E-state index >= 15 is 0 Å². The molecule has 1 nitrogen and oxygen atoms in total. The van der Waals surface area contributed by atoms with Gasteiger partial charge in [-0.15, -0.1) is 11.7 Å². The summed E-state index contributed by atoms with van der Waals surface area (Å²) in [7, 11) is 0. The third-order valence-corrected chi connectivity index (χ3v) is 6.63. The number of hydrogen-bond acceptors (Lipinski definition) is 2. The number of unbranched alkanes of at least 4 members (excludes halogenated alkanes) is 1. The summed E-state index contributed by atoms with van der Waals surface area (Å²) in [5.41, 5.74) is 8.07. The Bertz CT molecular complexity index is 666. The molecule has 27 heavy (non-hydrogen) atoms. The maximum absolute atomic E-state index is 13.5. The van der Waals surface area contributed by atoms with Crippen LogP contribution < -0.4 is 5.73 Å². The van der Waals surface area contributed by atoms with Crippen molar-refractivity contribution in [3.05, 3.63) is 70.8 Å². The third-order valence-electron chi connectivity index (χ3n) is 4.62. The summed E-state index contributed by atoms with van der Waals surface area (Å²) >= 11 is -3.34. The Morgan fingerprint density at radius 1 is 1.19 bits per heavy atom. The van der Waals surface area contributed by atoms with Crippen LogP contribution in [0.1, 0.15) is 44.1 Å². The summed E-state index contributed by atoms with van der Waals surface area (Å²) in [6.07, 6.45) is 7.16. The van der Waals surface area contributed by atoms with E-state index in [2.05, 4.69) is 18.7 Å². The van der Waals surface area contributed by atoms with Gasteiger partial charge in [0.1, 0.15) is 0 Å². The SMILES string of the molecule is C=C(N)CC(CCCCSCc1ccccc1)C1=C(S(F)(F)F)C=CCC1. The van der Waals surface area contributed by atoms with E-state index in [1.807, 2.05) is 30.0 Å². The van der Waals surface area contributed by atoms with Crippen LogP contribution in [0.15, 0.2) is 65.2 Å². The van der Waals surface area contributed by atoms with Gasteiger partial charge in [0.15, 0.2) is 0 Å². The fraction of sp³-hybridized carbons (Fsp3) is 0.429. The molecule has 0 heterocycles. The molecule has 0 aromatic heterocycles. The van der Waals surface area contributed by atoms with E-state index in [0.29, 0.717) is 30.5 Å². The Morgan fingerprint density at radius 2 is 1.93 bits per heavy atom. The Kier molecular flexibility index (Phi) is 8.90. The van der Waals surface area contributed by atoms with Crippen LogP contribution in [0.3, 0.4) is 0 Å². The zero-order valence-corrected chi connectivity index (χ0v) is 17.1. The van der Waals surface area contributed by atoms with Gasteiger partial charge in [0.25, 0.3) is 0 Å². The number of benzene rings is 1. The van der Waals surface area contributed by atoms with E-state index < -0.39 is 16.1 Å². The van der Waals surface area contributed by atoms with Crippen LogP contribution in [-0.4, -0.2) is 5.75 Å². The minimum absolute atomic E-state index is 0.143. The van der Waals surface area contributed by atoms with Crippen LogP contribution in [0.25, 0.3) is 0 Å². The van der Waals surface area contributed by atoms with Gasteiger partial charge in [-0.05, 0) is 61.0 Å². The van der Waals surface area contributed by atoms with Crippen molar-refractivity contribution in [2.75, 3.05) is 5.75 Å². The van der Waals surface area contributed by atoms with Crippen LogP contribution in [0.4, 0.5) is 11.7 Å². The van der Waals surface area contributed by atoms with Crippen molar-refractivity contribution in [2.24, 2.45) is 11.7 Å². The van der Waals surface area contributed by atoms with E-state index in [-0.39, 0.29) is 5.92 Å². The highest BCUT2D eigenvalue weighted by molar-refractivity contribution is 8.24. The van der Waals surface area contributed by atoms with E-state index in [4.69, 9.17) is 5.73 Å². The monoisotopic (exact) mass is 415 g/mol. The molecule has 1 aliphatic rings. The first kappa shape index (κ1) is 22.0. The van der Waals surface area contributed by atoms with E-state index in [0.717, 1.165) is 30.8 Å². The van der Waals surface area contributed by atoms with Crippen molar-refractivity contribution in [3.8, 4) is 0 Å². The molecule has 1 atom stereocenters. The molecule has 0 aliphatic heterocycles. The van der Waals surface area contributed by atoms with Crippen LogP contribution in [0.2, 0.25) is 0 Å². The molecule has 1 unspecified atom stereocenters. The van der Waals surface area contributed by atoms with Crippen molar-refractivity contribution in [1.29, 1.82) is 0 Å². The molecule has 0 spiro atoms. The predicted molar refractivity (Wildman–Crippen MR) is 114 cm³/mol. The zero-order chi connectivity index (χ0) is 19.7. The molecule has 1 aliphatic carbocycles. The molecule has 150 valence electrons. The van der Waals surface area contributed by atoms with Crippen molar-refractivity contribution in [3.63, 3.8) is 0 Å². The standard InChI is InChI=1S/C21H28F3NS2/c1-17(25)15-19(20-12-5-6-13-21(20)27(22,23)24)11-7-8-14-26-16-18-9-3-2-4-10-18/h2-4,6,9-10,13,19H,1,5,7-8,11-12,14-16,25H2. The van der Waals surface area contributed by atoms with Crippen molar-refractivity contribution in [2.45, 2.75) is 44.3 Å². The van der Waals surface area contributed by atoms with Gasteiger partial charge in [-0.1, -0.05) is 49.4 Å². The third kappa shape index (κ3) is 7.70. The highest BCUT2D eigenvalue weighted by Gasteiger charge is 2.32. The number of hydrogen-bond donors (Lipinski definition) is 1. The first-order valence-corrected chi connectivity index (χ1v) is 11.7. The molecular weight excluding hydrogens is 387 g/mol. The number of rotatable bonds is 11. The minimum atomic E-state index is -5.21. The molecule has 0 saturated heterocycles. The number of halogens is 3. The van der Waals surface area contributed by atoms with Gasteiger partial charge in [-0.25, -0.2) is 0 Å². The predicted octanol–water partition coefficient (Wildman–Crippen LogP) is 7.63. The maximum atomic E-state index is 13.5. The quantitative estimate of drug-likeness (QED) is 0.376. The first-order valence-electron chi connectivity index (χ1n) is 9.24. The summed E-state index contributed by atoms with van der Waals surface area (Å²) in [6, 6.07) is 10.3. The second kappa shape index (κ2) is 10.9. The summed E-state index contributed by atoms with van der Waals surface area (Å²) in [6.45, 7) is 3.73. The molecule has 0 fully saturated rings. The van der Waals surface area contributed by atoms with E-state index in [1.54, 1.807) is 6.08 Å². The number of nitrogens with two attached hydrogens (primary N) is 1. The van der Waals surface area contributed by atoms with Gasteiger partial charge >= 0.3 is 0 Å². The lowest BCUT2D eigenvalue weighted by atomic mass is 9.85. The van der Waals surface area contributed by atoms with Crippen LogP contribution in [-0.2, 0) is 5.75 Å². The van der Waals surface area contributed by atoms with Gasteiger partial charge < -0.3 is 5.73 Å². The molecule has 0 bridgehead atoms. The minimum Gasteiger partial charge on any atom is -0.402 e. The van der Waals surface area contributed by atoms with E-state index in [9.17, 15) is 11.7 Å². The van der Waals surface area contributed by atoms with Crippen LogP contribution >= 0.6 is 22.9 Å². The highest BCUT2D eigenvalue weighted by atomic mass is 32.3. The molecule has 1 aromatic rings. The topological polar surface area (TPSA) is 26.0 Å². The van der Waals surface area contributed by atoms with Gasteiger partial charge in [0, 0.05) is 11.4 Å². The maximum Gasteiger partial charge on any atom is 0.237 e. The fourth-order valence-corrected chi connectivity index (χ4v) is 5.16. The molecular formula is C21H28F3NS2. The summed E-state index contributed by atoms with van der Waals surface area (Å²) in [5, 5.41) is 0. The van der Waals surface area contributed by atoms with Gasteiger partial charge in [0.2, 0.25) is 11.2 Å². The van der Waals surface area contributed by atoms with Gasteiger partial charge in [-0.3, -0.25) is 0 Å². The average molecular weight is 416 g/mol. The van der Waals surface area contributed by atoms with Crippen molar-refractivity contribution < 1.29 is 11.7 Å². The molecule has 2 N–H and O–H groups in total. The van der Waals surface area contributed by atoms with Crippen molar-refractivity contribution in [1.82, 2.24) is 0 Å². The van der Waals surface area contributed by atoms with Crippen LogP contribution in [0, 0.1) is 5.92 Å². The molecule has 2 rings (SSSR count). The molecule has 1 aromatic carbocycles. The lowest BCUT2D eigenvalue weighted by Gasteiger charge is -2.27. The Morgan fingerprint density at radius 3 is 2.59 bits per heavy atom. The highest BCUT2D eigenvalue weighted by Crippen LogP contribution is 2.63. The Labute approximate surface area is 167 Å². The molecule has 0 saturated carbocycles. The second-order valence-electron chi connectivity index (χ2n) is 6.83. The lowest BCUT2D eigenvalue weighted by Crippen LogP contribution is -2.13. The summed E-state index contributed by atoms with van der Waals surface area (Å²) in [4.78, 5) is -0.390. The normalized spacial score (nSPS) is 16.4. The zero-order valence-electron chi connectivity index (χ0n) is 15.5. The Balaban J connectivity index is 1.88. The summed E-state index contributed by atoms with van der Waals surface area (Å²) < 4.78 is 40.4. The van der Waals surface area contributed by atoms with Gasteiger partial charge in [0.05, 0.1) is 4.91 Å².